The zero-order valence-electron chi connectivity index (χ0n) is 11.9. The molecule has 2 heterocycles. The van der Waals surface area contributed by atoms with Crippen molar-refractivity contribution in [3.05, 3.63) is 12.4 Å². The minimum absolute atomic E-state index is 0.138. The van der Waals surface area contributed by atoms with Gasteiger partial charge in [-0.2, -0.15) is 9.40 Å². The maximum absolute atomic E-state index is 12.5. The summed E-state index contributed by atoms with van der Waals surface area (Å²) >= 11 is 0. The number of aromatic nitrogens is 2. The Morgan fingerprint density at radius 1 is 1.55 bits per heavy atom. The topological polar surface area (TPSA) is 76.5 Å². The Kier molecular flexibility index (Phi) is 5.14. The molecule has 0 bridgehead atoms. The van der Waals surface area contributed by atoms with E-state index >= 15 is 0 Å². The normalized spacial score (nSPS) is 21.2. The average molecular weight is 302 g/mol. The lowest BCUT2D eigenvalue weighted by Crippen LogP contribution is -2.46. The summed E-state index contributed by atoms with van der Waals surface area (Å²) in [5, 5.41) is 7.18. The molecule has 1 unspecified atom stereocenters. The summed E-state index contributed by atoms with van der Waals surface area (Å²) in [6.07, 6.45) is 3.94. The summed E-state index contributed by atoms with van der Waals surface area (Å²) in [4.78, 5) is 0.260. The first-order valence-electron chi connectivity index (χ1n) is 6.82. The van der Waals surface area contributed by atoms with E-state index < -0.39 is 10.0 Å². The van der Waals surface area contributed by atoms with Gasteiger partial charge in [-0.3, -0.25) is 4.68 Å². The molecule has 1 saturated heterocycles. The van der Waals surface area contributed by atoms with Gasteiger partial charge in [0, 0.05) is 25.3 Å². The van der Waals surface area contributed by atoms with Crippen molar-refractivity contribution in [3.8, 4) is 0 Å². The van der Waals surface area contributed by atoms with Gasteiger partial charge in [-0.15, -0.1) is 0 Å². The van der Waals surface area contributed by atoms with Gasteiger partial charge in [0.25, 0.3) is 0 Å². The van der Waals surface area contributed by atoms with Gasteiger partial charge in [0.2, 0.25) is 10.0 Å². The van der Waals surface area contributed by atoms with Crippen molar-refractivity contribution in [1.82, 2.24) is 19.4 Å². The summed E-state index contributed by atoms with van der Waals surface area (Å²) in [6, 6.07) is -0.138. The fourth-order valence-electron chi connectivity index (χ4n) is 2.22. The molecule has 0 spiro atoms. The predicted molar refractivity (Wildman–Crippen MR) is 74.9 cm³/mol. The Labute approximate surface area is 120 Å². The summed E-state index contributed by atoms with van der Waals surface area (Å²) in [6.45, 7) is 4.72. The van der Waals surface area contributed by atoms with Crippen LogP contribution in [0.25, 0.3) is 0 Å². The smallest absolute Gasteiger partial charge is 0.246 e. The minimum atomic E-state index is -3.47. The highest BCUT2D eigenvalue weighted by Gasteiger charge is 2.32. The van der Waals surface area contributed by atoms with E-state index in [4.69, 9.17) is 4.74 Å². The molecule has 1 aliphatic rings. The zero-order valence-corrected chi connectivity index (χ0v) is 12.8. The molecule has 8 heteroatoms. The maximum Gasteiger partial charge on any atom is 0.246 e. The Morgan fingerprint density at radius 2 is 2.35 bits per heavy atom. The molecule has 0 aliphatic carbocycles. The number of morpholine rings is 1. The number of hydrogen-bond acceptors (Lipinski definition) is 5. The predicted octanol–water partition coefficient (Wildman–Crippen LogP) is -0.0980. The van der Waals surface area contributed by atoms with Crippen LogP contribution in [0.5, 0.6) is 0 Å². The van der Waals surface area contributed by atoms with Crippen molar-refractivity contribution in [2.75, 3.05) is 33.4 Å². The van der Waals surface area contributed by atoms with Gasteiger partial charge in [0.05, 0.1) is 19.4 Å². The fourth-order valence-corrected chi connectivity index (χ4v) is 3.78. The molecule has 1 fully saturated rings. The van der Waals surface area contributed by atoms with Crippen LogP contribution in [0.2, 0.25) is 0 Å². The third-order valence-electron chi connectivity index (χ3n) is 3.34. The number of nitrogens with one attached hydrogen (secondary N) is 1. The Balaban J connectivity index is 2.09. The van der Waals surface area contributed by atoms with E-state index in [-0.39, 0.29) is 10.9 Å². The summed E-state index contributed by atoms with van der Waals surface area (Å²) in [7, 11) is -1.58. The average Bonchev–Trinajstić information content (AvgIpc) is 2.89. The first-order valence-corrected chi connectivity index (χ1v) is 8.26. The van der Waals surface area contributed by atoms with Crippen LogP contribution in [0.4, 0.5) is 0 Å². The van der Waals surface area contributed by atoms with Crippen LogP contribution in [0.3, 0.4) is 0 Å². The number of hydrogen-bond donors (Lipinski definition) is 1. The number of rotatable bonds is 6. The Hall–Kier alpha value is -0.960. The largest absolute Gasteiger partial charge is 0.378 e. The minimum Gasteiger partial charge on any atom is -0.378 e. The second-order valence-corrected chi connectivity index (χ2v) is 6.83. The summed E-state index contributed by atoms with van der Waals surface area (Å²) in [5.74, 6) is 0. The van der Waals surface area contributed by atoms with Crippen LogP contribution < -0.4 is 5.32 Å². The maximum atomic E-state index is 12.5. The molecule has 1 aromatic rings. The first-order chi connectivity index (χ1) is 9.55. The molecule has 0 saturated carbocycles. The molecule has 1 atom stereocenters. The molecule has 1 N–H and O–H groups in total. The fraction of sp³-hybridized carbons (Fsp3) is 0.750. The highest BCUT2D eigenvalue weighted by Crippen LogP contribution is 2.19. The molecular weight excluding hydrogens is 280 g/mol. The van der Waals surface area contributed by atoms with Crippen molar-refractivity contribution in [3.63, 3.8) is 0 Å². The molecule has 1 aromatic heterocycles. The Bertz CT molecular complexity index is 529. The third-order valence-corrected chi connectivity index (χ3v) is 5.30. The van der Waals surface area contributed by atoms with Gasteiger partial charge in [-0.1, -0.05) is 0 Å². The monoisotopic (exact) mass is 302 g/mol. The second-order valence-electron chi connectivity index (χ2n) is 4.94. The van der Waals surface area contributed by atoms with Gasteiger partial charge in [-0.25, -0.2) is 8.42 Å². The van der Waals surface area contributed by atoms with E-state index in [1.165, 1.54) is 10.5 Å². The quantitative estimate of drug-likeness (QED) is 0.743. The van der Waals surface area contributed by atoms with E-state index in [1.807, 2.05) is 14.0 Å². The molecular formula is C12H22N4O3S. The van der Waals surface area contributed by atoms with Crippen LogP contribution in [0.15, 0.2) is 17.3 Å². The van der Waals surface area contributed by atoms with E-state index in [2.05, 4.69) is 10.4 Å². The summed E-state index contributed by atoms with van der Waals surface area (Å²) < 4.78 is 33.5. The lowest BCUT2D eigenvalue weighted by atomic mass is 10.3. The molecule has 0 amide bonds. The first kappa shape index (κ1) is 15.4. The third kappa shape index (κ3) is 3.38. The van der Waals surface area contributed by atoms with Crippen molar-refractivity contribution in [2.24, 2.45) is 0 Å². The van der Waals surface area contributed by atoms with Crippen molar-refractivity contribution in [2.45, 2.75) is 30.8 Å². The molecule has 0 aromatic carbocycles. The number of nitrogens with zero attached hydrogens (tertiary/aromatic N) is 3. The molecule has 20 heavy (non-hydrogen) atoms. The number of sulfonamides is 1. The molecule has 114 valence electrons. The standard InChI is InChI=1S/C12H22N4O3S/c1-11-10-19-7-6-16(11)20(17,18)12-8-14-15(9-12)5-3-4-13-2/h8-9,11,13H,3-7,10H2,1-2H3. The zero-order chi connectivity index (χ0) is 14.6. The van der Waals surface area contributed by atoms with Crippen LogP contribution >= 0.6 is 0 Å². The van der Waals surface area contributed by atoms with Gasteiger partial charge in [-0.05, 0) is 26.9 Å². The summed E-state index contributed by atoms with van der Waals surface area (Å²) in [5.41, 5.74) is 0. The van der Waals surface area contributed by atoms with E-state index in [1.54, 1.807) is 10.9 Å². The van der Waals surface area contributed by atoms with Gasteiger partial charge < -0.3 is 10.1 Å². The second kappa shape index (κ2) is 6.66. The molecule has 2 rings (SSSR count). The van der Waals surface area contributed by atoms with Crippen LogP contribution in [-0.4, -0.2) is 61.9 Å². The molecule has 7 nitrogen and oxygen atoms in total. The number of aryl methyl sites for hydroxylation is 1. The number of ether oxygens (including phenoxy) is 1. The van der Waals surface area contributed by atoms with Crippen LogP contribution in [0.1, 0.15) is 13.3 Å². The lowest BCUT2D eigenvalue weighted by Gasteiger charge is -2.31. The highest BCUT2D eigenvalue weighted by molar-refractivity contribution is 7.89. The highest BCUT2D eigenvalue weighted by atomic mass is 32.2. The van der Waals surface area contributed by atoms with Gasteiger partial charge in [0.15, 0.2) is 0 Å². The van der Waals surface area contributed by atoms with E-state index in [9.17, 15) is 8.42 Å². The lowest BCUT2D eigenvalue weighted by molar-refractivity contribution is 0.0392. The van der Waals surface area contributed by atoms with Crippen LogP contribution in [0, 0.1) is 0 Å². The van der Waals surface area contributed by atoms with E-state index in [0.717, 1.165) is 13.0 Å². The van der Waals surface area contributed by atoms with Crippen molar-refractivity contribution >= 4 is 10.0 Å². The molecule has 0 radical (unpaired) electrons. The van der Waals surface area contributed by atoms with E-state index in [0.29, 0.717) is 26.3 Å². The molecule has 1 aliphatic heterocycles. The SMILES string of the molecule is CNCCCn1cc(S(=O)(=O)N2CCOCC2C)cn1. The Morgan fingerprint density at radius 3 is 3.05 bits per heavy atom. The van der Waals surface area contributed by atoms with Crippen molar-refractivity contribution < 1.29 is 13.2 Å². The van der Waals surface area contributed by atoms with Gasteiger partial charge >= 0.3 is 0 Å². The van der Waals surface area contributed by atoms with Crippen LogP contribution in [-0.2, 0) is 21.3 Å². The van der Waals surface area contributed by atoms with Crippen molar-refractivity contribution in [1.29, 1.82) is 0 Å². The van der Waals surface area contributed by atoms with Gasteiger partial charge in [0.1, 0.15) is 4.90 Å².